The Labute approximate surface area is 158 Å². The number of amides is 2. The van der Waals surface area contributed by atoms with E-state index in [1.807, 2.05) is 30.3 Å². The molecule has 0 atom stereocenters. The van der Waals surface area contributed by atoms with Crippen molar-refractivity contribution in [1.82, 2.24) is 5.32 Å². The molecular weight excluding hydrogens is 370 g/mol. The van der Waals surface area contributed by atoms with Crippen LogP contribution in [0.3, 0.4) is 0 Å². The van der Waals surface area contributed by atoms with Crippen molar-refractivity contribution in [1.29, 1.82) is 0 Å². The van der Waals surface area contributed by atoms with E-state index in [1.54, 1.807) is 18.2 Å². The van der Waals surface area contributed by atoms with E-state index in [0.717, 1.165) is 5.56 Å². The lowest BCUT2D eigenvalue weighted by Gasteiger charge is -2.10. The van der Waals surface area contributed by atoms with E-state index in [0.29, 0.717) is 11.4 Å². The molecule has 2 aromatic rings. The SMILES string of the molecule is CC(=O)Nc1cccc(NS(=O)(=O)CCNC(=O)OCc2ccccc2)c1. The third kappa shape index (κ3) is 7.78. The molecule has 0 spiro atoms. The van der Waals surface area contributed by atoms with Gasteiger partial charge in [-0.15, -0.1) is 0 Å². The number of carbonyl (C=O) groups excluding carboxylic acids is 2. The first-order valence-electron chi connectivity index (χ1n) is 8.17. The van der Waals surface area contributed by atoms with Crippen LogP contribution in [0.4, 0.5) is 16.2 Å². The maximum atomic E-state index is 12.1. The number of sulfonamides is 1. The number of alkyl carbamates (subject to hydrolysis) is 1. The molecule has 0 heterocycles. The number of nitrogens with one attached hydrogen (secondary N) is 3. The molecule has 0 unspecified atom stereocenters. The zero-order valence-electron chi connectivity index (χ0n) is 14.8. The van der Waals surface area contributed by atoms with Crippen LogP contribution >= 0.6 is 0 Å². The number of ether oxygens (including phenoxy) is 1. The first-order valence-corrected chi connectivity index (χ1v) is 9.82. The molecule has 0 aliphatic heterocycles. The van der Waals surface area contributed by atoms with Gasteiger partial charge in [-0.25, -0.2) is 13.2 Å². The van der Waals surface area contributed by atoms with Crippen molar-refractivity contribution in [3.63, 3.8) is 0 Å². The summed E-state index contributed by atoms with van der Waals surface area (Å²) in [6.07, 6.45) is -0.693. The van der Waals surface area contributed by atoms with Crippen LogP contribution in [-0.2, 0) is 26.2 Å². The maximum absolute atomic E-state index is 12.1. The summed E-state index contributed by atoms with van der Waals surface area (Å²) < 4.78 is 31.6. The summed E-state index contributed by atoms with van der Waals surface area (Å²) >= 11 is 0. The quantitative estimate of drug-likeness (QED) is 0.639. The van der Waals surface area contributed by atoms with Crippen LogP contribution in [0.5, 0.6) is 0 Å². The summed E-state index contributed by atoms with van der Waals surface area (Å²) in [5.41, 5.74) is 1.62. The van der Waals surface area contributed by atoms with E-state index in [4.69, 9.17) is 4.74 Å². The number of hydrogen-bond acceptors (Lipinski definition) is 5. The van der Waals surface area contributed by atoms with E-state index in [1.165, 1.54) is 13.0 Å². The topological polar surface area (TPSA) is 114 Å². The third-order valence-corrected chi connectivity index (χ3v) is 4.60. The molecule has 0 aromatic heterocycles. The molecular formula is C18H21N3O5S. The lowest BCUT2D eigenvalue weighted by molar-refractivity contribution is -0.114. The van der Waals surface area contributed by atoms with E-state index >= 15 is 0 Å². The van der Waals surface area contributed by atoms with Gasteiger partial charge in [-0.05, 0) is 23.8 Å². The Morgan fingerprint density at radius 3 is 2.41 bits per heavy atom. The standard InChI is InChI=1S/C18H21N3O5S/c1-14(22)20-16-8-5-9-17(12-16)21-27(24,25)11-10-19-18(23)26-13-15-6-3-2-4-7-15/h2-9,12,21H,10-11,13H2,1H3,(H,19,23)(H,20,22). The number of carbonyl (C=O) groups is 2. The molecule has 27 heavy (non-hydrogen) atoms. The normalized spacial score (nSPS) is 10.7. The Kier molecular flexibility index (Phi) is 7.18. The van der Waals surface area contributed by atoms with Gasteiger partial charge in [0.1, 0.15) is 6.61 Å². The van der Waals surface area contributed by atoms with Gasteiger partial charge in [-0.2, -0.15) is 0 Å². The fourth-order valence-electron chi connectivity index (χ4n) is 2.16. The fraction of sp³-hybridized carbons (Fsp3) is 0.222. The number of anilines is 2. The Morgan fingerprint density at radius 1 is 1.00 bits per heavy atom. The number of rotatable bonds is 8. The second kappa shape index (κ2) is 9.58. The summed E-state index contributed by atoms with van der Waals surface area (Å²) in [6, 6.07) is 15.5. The molecule has 0 saturated carbocycles. The molecule has 0 radical (unpaired) electrons. The highest BCUT2D eigenvalue weighted by Gasteiger charge is 2.12. The third-order valence-electron chi connectivity index (χ3n) is 3.31. The number of benzene rings is 2. The van der Waals surface area contributed by atoms with Crippen LogP contribution in [0, 0.1) is 0 Å². The highest BCUT2D eigenvalue weighted by Crippen LogP contribution is 2.16. The Bertz CT molecular complexity index is 885. The highest BCUT2D eigenvalue weighted by molar-refractivity contribution is 7.92. The summed E-state index contributed by atoms with van der Waals surface area (Å²) in [5, 5.41) is 4.96. The summed E-state index contributed by atoms with van der Waals surface area (Å²) in [4.78, 5) is 22.7. The highest BCUT2D eigenvalue weighted by atomic mass is 32.2. The van der Waals surface area contributed by atoms with Gasteiger partial charge in [0.05, 0.1) is 11.4 Å². The van der Waals surface area contributed by atoms with Gasteiger partial charge >= 0.3 is 6.09 Å². The molecule has 0 aliphatic rings. The zero-order chi connectivity index (χ0) is 19.7. The minimum absolute atomic E-state index is 0.103. The molecule has 2 rings (SSSR count). The Balaban J connectivity index is 1.77. The molecule has 0 fully saturated rings. The molecule has 8 nitrogen and oxygen atoms in total. The molecule has 2 aromatic carbocycles. The second-order valence-corrected chi connectivity index (χ2v) is 7.51. The van der Waals surface area contributed by atoms with Gasteiger partial charge in [0.15, 0.2) is 0 Å². The van der Waals surface area contributed by atoms with Crippen molar-refractivity contribution in [2.75, 3.05) is 22.3 Å². The predicted octanol–water partition coefficient (Wildman–Crippen LogP) is 2.31. The fourth-order valence-corrected chi connectivity index (χ4v) is 3.11. The molecule has 0 aliphatic carbocycles. The van der Waals surface area contributed by atoms with Crippen LogP contribution in [0.2, 0.25) is 0 Å². The van der Waals surface area contributed by atoms with Crippen molar-refractivity contribution in [2.24, 2.45) is 0 Å². The number of hydrogen-bond donors (Lipinski definition) is 3. The summed E-state index contributed by atoms with van der Waals surface area (Å²) in [5.74, 6) is -0.578. The summed E-state index contributed by atoms with van der Waals surface area (Å²) in [7, 11) is -3.68. The smallest absolute Gasteiger partial charge is 0.407 e. The minimum atomic E-state index is -3.68. The van der Waals surface area contributed by atoms with Crippen LogP contribution in [0.25, 0.3) is 0 Å². The lowest BCUT2D eigenvalue weighted by atomic mass is 10.2. The maximum Gasteiger partial charge on any atom is 0.407 e. The van der Waals surface area contributed by atoms with Crippen LogP contribution in [0.15, 0.2) is 54.6 Å². The van der Waals surface area contributed by atoms with Crippen molar-refractivity contribution in [3.8, 4) is 0 Å². The average Bonchev–Trinajstić information content (AvgIpc) is 2.60. The lowest BCUT2D eigenvalue weighted by Crippen LogP contribution is -2.31. The van der Waals surface area contributed by atoms with Gasteiger partial charge < -0.3 is 15.4 Å². The van der Waals surface area contributed by atoms with Gasteiger partial charge in [-0.1, -0.05) is 36.4 Å². The molecule has 0 bridgehead atoms. The predicted molar refractivity (Wildman–Crippen MR) is 103 cm³/mol. The molecule has 3 N–H and O–H groups in total. The van der Waals surface area contributed by atoms with Crippen molar-refractivity contribution in [3.05, 3.63) is 60.2 Å². The molecule has 0 saturated heterocycles. The van der Waals surface area contributed by atoms with E-state index in [-0.39, 0.29) is 24.8 Å². The van der Waals surface area contributed by atoms with Gasteiger partial charge in [0.2, 0.25) is 15.9 Å². The van der Waals surface area contributed by atoms with Crippen LogP contribution in [0.1, 0.15) is 12.5 Å². The zero-order valence-corrected chi connectivity index (χ0v) is 15.6. The molecule has 144 valence electrons. The van der Waals surface area contributed by atoms with Gasteiger partial charge in [-0.3, -0.25) is 9.52 Å². The van der Waals surface area contributed by atoms with Gasteiger partial charge in [0.25, 0.3) is 0 Å². The van der Waals surface area contributed by atoms with E-state index in [9.17, 15) is 18.0 Å². The van der Waals surface area contributed by atoms with Crippen molar-refractivity contribution < 1.29 is 22.7 Å². The molecule has 9 heteroatoms. The Hall–Kier alpha value is -3.07. The van der Waals surface area contributed by atoms with Crippen molar-refractivity contribution >= 4 is 33.4 Å². The Morgan fingerprint density at radius 2 is 1.70 bits per heavy atom. The van der Waals surface area contributed by atoms with Crippen molar-refractivity contribution in [2.45, 2.75) is 13.5 Å². The van der Waals surface area contributed by atoms with Crippen LogP contribution < -0.4 is 15.4 Å². The second-order valence-electron chi connectivity index (χ2n) is 5.67. The van der Waals surface area contributed by atoms with E-state index in [2.05, 4.69) is 15.4 Å². The van der Waals surface area contributed by atoms with Crippen LogP contribution in [-0.4, -0.2) is 32.7 Å². The largest absolute Gasteiger partial charge is 0.445 e. The summed E-state index contributed by atoms with van der Waals surface area (Å²) in [6.45, 7) is 1.36. The molecule has 2 amide bonds. The first-order chi connectivity index (χ1) is 12.8. The minimum Gasteiger partial charge on any atom is -0.445 e. The van der Waals surface area contributed by atoms with E-state index < -0.39 is 16.1 Å². The average molecular weight is 391 g/mol. The first kappa shape index (κ1) is 20.2. The van der Waals surface area contributed by atoms with Gasteiger partial charge in [0, 0.05) is 19.2 Å². The monoisotopic (exact) mass is 391 g/mol.